The third kappa shape index (κ3) is 4.16. The highest BCUT2D eigenvalue weighted by Gasteiger charge is 2.35. The number of nitrogens with zero attached hydrogens (tertiary/aromatic N) is 2. The van der Waals surface area contributed by atoms with Gasteiger partial charge in [0.2, 0.25) is 0 Å². The van der Waals surface area contributed by atoms with Crippen LogP contribution in [0.3, 0.4) is 0 Å². The van der Waals surface area contributed by atoms with E-state index in [0.29, 0.717) is 17.9 Å². The summed E-state index contributed by atoms with van der Waals surface area (Å²) in [6.45, 7) is 5.25. The van der Waals surface area contributed by atoms with E-state index < -0.39 is 5.92 Å². The monoisotopic (exact) mass is 471 g/mol. The molecule has 4 heterocycles. The van der Waals surface area contributed by atoms with Crippen molar-refractivity contribution < 1.29 is 18.3 Å². The summed E-state index contributed by atoms with van der Waals surface area (Å²) >= 11 is 1.44. The van der Waals surface area contributed by atoms with Gasteiger partial charge in [0.05, 0.1) is 34.1 Å². The van der Waals surface area contributed by atoms with Gasteiger partial charge in [-0.1, -0.05) is 32.0 Å². The second kappa shape index (κ2) is 8.56. The van der Waals surface area contributed by atoms with E-state index in [1.54, 1.807) is 12.4 Å². The number of carbonyl (C=O) groups is 1. The molecule has 2 aromatic heterocycles. The Kier molecular flexibility index (Phi) is 5.72. The van der Waals surface area contributed by atoms with E-state index in [0.717, 1.165) is 32.6 Å². The molecule has 1 saturated heterocycles. The maximum Gasteiger partial charge on any atom is 0.262 e. The Morgan fingerprint density at radius 1 is 1.24 bits per heavy atom. The molecular formula is C25H27F2N3O2S. The number of hydrogen-bond acceptors (Lipinski definition) is 5. The van der Waals surface area contributed by atoms with Crippen LogP contribution in [0.5, 0.6) is 5.75 Å². The molecular weight excluding hydrogens is 444 g/mol. The summed E-state index contributed by atoms with van der Waals surface area (Å²) in [5, 5.41) is 4.15. The number of para-hydroxylation sites is 1. The molecule has 1 atom stereocenters. The molecule has 0 saturated carbocycles. The number of nitrogens with one attached hydrogen (secondary N) is 1. The van der Waals surface area contributed by atoms with E-state index in [2.05, 4.69) is 24.1 Å². The lowest BCUT2D eigenvalue weighted by Crippen LogP contribution is -2.39. The normalized spacial score (nSPS) is 19.9. The van der Waals surface area contributed by atoms with Crippen molar-refractivity contribution in [3.05, 3.63) is 52.7 Å². The molecule has 2 aliphatic heterocycles. The lowest BCUT2D eigenvalue weighted by Gasteiger charge is -2.33. The Morgan fingerprint density at radius 3 is 2.76 bits per heavy atom. The molecule has 0 unspecified atom stereocenters. The van der Waals surface area contributed by atoms with Crippen LogP contribution in [0.15, 0.2) is 36.7 Å². The first-order chi connectivity index (χ1) is 15.8. The van der Waals surface area contributed by atoms with Crippen molar-refractivity contribution >= 4 is 33.0 Å². The Labute approximate surface area is 195 Å². The van der Waals surface area contributed by atoms with Gasteiger partial charge in [-0.25, -0.2) is 8.78 Å². The van der Waals surface area contributed by atoms with E-state index in [4.69, 9.17) is 4.74 Å². The number of halogens is 2. The van der Waals surface area contributed by atoms with Gasteiger partial charge < -0.3 is 15.0 Å². The zero-order valence-corrected chi connectivity index (χ0v) is 19.6. The van der Waals surface area contributed by atoms with Gasteiger partial charge in [-0.15, -0.1) is 11.3 Å². The summed E-state index contributed by atoms with van der Waals surface area (Å²) in [5.74, 6) is -1.80. The zero-order chi connectivity index (χ0) is 23.2. The van der Waals surface area contributed by atoms with E-state index in [1.165, 1.54) is 11.3 Å². The van der Waals surface area contributed by atoms with Crippen LogP contribution in [0.2, 0.25) is 0 Å². The number of rotatable bonds is 4. The summed E-state index contributed by atoms with van der Waals surface area (Å²) < 4.78 is 34.1. The first-order valence-electron chi connectivity index (χ1n) is 11.4. The lowest BCUT2D eigenvalue weighted by atomic mass is 9.98. The van der Waals surface area contributed by atoms with Gasteiger partial charge in [0.15, 0.2) is 0 Å². The van der Waals surface area contributed by atoms with Crippen LogP contribution < -0.4 is 15.0 Å². The first kappa shape index (κ1) is 22.1. The molecule has 174 valence electrons. The Balaban J connectivity index is 1.50. The molecule has 0 radical (unpaired) electrons. The van der Waals surface area contributed by atoms with Gasteiger partial charge in [-0.05, 0) is 17.5 Å². The topological polar surface area (TPSA) is 54.5 Å². The van der Waals surface area contributed by atoms with Crippen LogP contribution >= 0.6 is 11.3 Å². The zero-order valence-electron chi connectivity index (χ0n) is 18.7. The SMILES string of the molecule is CC(C)c1c(C(=O)N[C@H]2CCOc3ccccc32)sc2c(N3CCC(F)(F)CC3)cncc12. The first-order valence-corrected chi connectivity index (χ1v) is 12.2. The number of aromatic nitrogens is 1. The lowest BCUT2D eigenvalue weighted by molar-refractivity contribution is -0.0220. The van der Waals surface area contributed by atoms with Crippen molar-refractivity contribution in [1.29, 1.82) is 0 Å². The van der Waals surface area contributed by atoms with Crippen LogP contribution in [-0.4, -0.2) is 36.5 Å². The van der Waals surface area contributed by atoms with Gasteiger partial charge in [0.25, 0.3) is 11.8 Å². The number of carbonyl (C=O) groups excluding carboxylic acids is 1. The Morgan fingerprint density at radius 2 is 2.00 bits per heavy atom. The largest absolute Gasteiger partial charge is 0.493 e. The molecule has 0 spiro atoms. The summed E-state index contributed by atoms with van der Waals surface area (Å²) in [6, 6.07) is 7.67. The van der Waals surface area contributed by atoms with Crippen LogP contribution in [0.25, 0.3) is 10.1 Å². The fraction of sp³-hybridized carbons (Fsp3) is 0.440. The number of amides is 1. The van der Waals surface area contributed by atoms with E-state index >= 15 is 0 Å². The smallest absolute Gasteiger partial charge is 0.262 e. The summed E-state index contributed by atoms with van der Waals surface area (Å²) in [6.07, 6.45) is 3.91. The molecule has 1 aromatic carbocycles. The average molecular weight is 472 g/mol. The molecule has 1 fully saturated rings. The fourth-order valence-electron chi connectivity index (χ4n) is 4.77. The van der Waals surface area contributed by atoms with Crippen molar-refractivity contribution in [3.8, 4) is 5.75 Å². The quantitative estimate of drug-likeness (QED) is 0.514. The minimum absolute atomic E-state index is 0.113. The van der Waals surface area contributed by atoms with Crippen LogP contribution in [-0.2, 0) is 0 Å². The number of ether oxygens (including phenoxy) is 1. The molecule has 33 heavy (non-hydrogen) atoms. The van der Waals surface area contributed by atoms with Crippen LogP contribution in [0.4, 0.5) is 14.5 Å². The van der Waals surface area contributed by atoms with E-state index in [1.807, 2.05) is 29.2 Å². The standard InChI is InChI=1S/C25H27F2N3O2S/c1-15(2)21-17-13-28-14-19(30-10-8-25(26,27)9-11-30)22(17)33-23(21)24(31)29-18-7-12-32-20-6-4-3-5-16(18)20/h3-6,13-15,18H,7-12H2,1-2H3,(H,29,31)/t18-/m0/s1. The number of benzene rings is 1. The molecule has 0 bridgehead atoms. The van der Waals surface area contributed by atoms with Crippen LogP contribution in [0.1, 0.15) is 65.9 Å². The fourth-order valence-corrected chi connectivity index (χ4v) is 6.14. The molecule has 1 N–H and O–H groups in total. The number of alkyl halides is 2. The van der Waals surface area contributed by atoms with Crippen molar-refractivity contribution in [2.75, 3.05) is 24.6 Å². The highest BCUT2D eigenvalue weighted by Crippen LogP contribution is 2.42. The number of hydrogen-bond donors (Lipinski definition) is 1. The molecule has 8 heteroatoms. The Hall–Kier alpha value is -2.74. The maximum absolute atomic E-state index is 13.7. The maximum atomic E-state index is 13.7. The minimum atomic E-state index is -2.61. The molecule has 5 nitrogen and oxygen atoms in total. The highest BCUT2D eigenvalue weighted by atomic mass is 32.1. The third-order valence-electron chi connectivity index (χ3n) is 6.50. The average Bonchev–Trinajstić information content (AvgIpc) is 3.20. The highest BCUT2D eigenvalue weighted by molar-refractivity contribution is 7.21. The number of anilines is 1. The van der Waals surface area contributed by atoms with Crippen molar-refractivity contribution in [1.82, 2.24) is 10.3 Å². The van der Waals surface area contributed by atoms with Crippen molar-refractivity contribution in [3.63, 3.8) is 0 Å². The van der Waals surface area contributed by atoms with Gasteiger partial charge in [0, 0.05) is 49.5 Å². The predicted octanol–water partition coefficient (Wildman–Crippen LogP) is 5.91. The van der Waals surface area contributed by atoms with Gasteiger partial charge in [-0.3, -0.25) is 9.78 Å². The molecule has 2 aliphatic rings. The van der Waals surface area contributed by atoms with Gasteiger partial charge in [-0.2, -0.15) is 0 Å². The van der Waals surface area contributed by atoms with Gasteiger partial charge >= 0.3 is 0 Å². The van der Waals surface area contributed by atoms with Gasteiger partial charge in [0.1, 0.15) is 5.75 Å². The Bertz CT molecular complexity index is 1180. The second-order valence-electron chi connectivity index (χ2n) is 9.08. The number of pyridine rings is 1. The number of fused-ring (bicyclic) bond motifs is 2. The van der Waals surface area contributed by atoms with Crippen LogP contribution in [0, 0.1) is 0 Å². The number of thiophene rings is 1. The summed E-state index contributed by atoms with van der Waals surface area (Å²) in [5.41, 5.74) is 2.79. The van der Waals surface area contributed by atoms with Crippen molar-refractivity contribution in [2.45, 2.75) is 51.0 Å². The minimum Gasteiger partial charge on any atom is -0.493 e. The predicted molar refractivity (Wildman–Crippen MR) is 127 cm³/mol. The molecule has 0 aliphatic carbocycles. The molecule has 5 rings (SSSR count). The van der Waals surface area contributed by atoms with E-state index in [9.17, 15) is 13.6 Å². The number of piperidine rings is 1. The van der Waals surface area contributed by atoms with E-state index in [-0.39, 0.29) is 43.8 Å². The second-order valence-corrected chi connectivity index (χ2v) is 10.1. The molecule has 3 aromatic rings. The summed E-state index contributed by atoms with van der Waals surface area (Å²) in [7, 11) is 0. The van der Waals surface area contributed by atoms with Crippen molar-refractivity contribution in [2.24, 2.45) is 0 Å². The summed E-state index contributed by atoms with van der Waals surface area (Å²) in [4.78, 5) is 20.6. The third-order valence-corrected chi connectivity index (χ3v) is 7.74. The molecule has 1 amide bonds.